The van der Waals surface area contributed by atoms with Crippen LogP contribution in [0.5, 0.6) is 0 Å². The maximum Gasteiger partial charge on any atom is 0.408 e. The lowest BCUT2D eigenvalue weighted by Gasteiger charge is -2.33. The lowest BCUT2D eigenvalue weighted by atomic mass is 9.97. The van der Waals surface area contributed by atoms with Crippen LogP contribution in [0.4, 0.5) is 4.79 Å². The second-order valence-electron chi connectivity index (χ2n) is 6.90. The molecule has 21 heavy (non-hydrogen) atoms. The molecule has 1 heterocycles. The second kappa shape index (κ2) is 7.66. The first-order valence-corrected chi connectivity index (χ1v) is 8.03. The predicted octanol–water partition coefficient (Wildman–Crippen LogP) is 2.94. The molecule has 2 amide bonds. The first-order valence-electron chi connectivity index (χ1n) is 8.03. The zero-order chi connectivity index (χ0) is 16.0. The molecule has 0 aromatic heterocycles. The molecule has 1 aliphatic heterocycles. The molecule has 0 saturated carbocycles. The summed E-state index contributed by atoms with van der Waals surface area (Å²) >= 11 is 0. The van der Waals surface area contributed by atoms with E-state index in [1.807, 2.05) is 39.5 Å². The molecular weight excluding hydrogens is 268 g/mol. The van der Waals surface area contributed by atoms with Gasteiger partial charge in [-0.25, -0.2) is 4.79 Å². The van der Waals surface area contributed by atoms with Gasteiger partial charge < -0.3 is 15.0 Å². The van der Waals surface area contributed by atoms with Gasteiger partial charge in [-0.05, 0) is 46.0 Å². The van der Waals surface area contributed by atoms with Crippen molar-refractivity contribution in [3.63, 3.8) is 0 Å². The molecule has 0 bridgehead atoms. The summed E-state index contributed by atoms with van der Waals surface area (Å²) in [5.74, 6) is 0.113. The highest BCUT2D eigenvalue weighted by molar-refractivity contribution is 5.86. The number of amides is 2. The quantitative estimate of drug-likeness (QED) is 0.868. The van der Waals surface area contributed by atoms with Crippen molar-refractivity contribution in [2.24, 2.45) is 5.92 Å². The molecule has 1 N–H and O–H groups in total. The molecule has 2 atom stereocenters. The Balaban J connectivity index is 2.70. The van der Waals surface area contributed by atoms with Crippen molar-refractivity contribution >= 4 is 12.0 Å². The Hall–Kier alpha value is -1.26. The van der Waals surface area contributed by atoms with Crippen LogP contribution in [0.3, 0.4) is 0 Å². The van der Waals surface area contributed by atoms with E-state index >= 15 is 0 Å². The third kappa shape index (κ3) is 5.94. The van der Waals surface area contributed by atoms with Crippen molar-refractivity contribution in [2.45, 2.75) is 71.9 Å². The molecule has 0 radical (unpaired) electrons. The largest absolute Gasteiger partial charge is 0.444 e. The Morgan fingerprint density at radius 3 is 2.24 bits per heavy atom. The van der Waals surface area contributed by atoms with Gasteiger partial charge in [-0.15, -0.1) is 0 Å². The highest BCUT2D eigenvalue weighted by Crippen LogP contribution is 2.16. The maximum absolute atomic E-state index is 12.7. The topological polar surface area (TPSA) is 58.6 Å². The molecule has 1 aliphatic rings. The molecule has 5 heteroatoms. The Bertz CT molecular complexity index is 357. The fraction of sp³-hybridized carbons (Fsp3) is 0.875. The summed E-state index contributed by atoms with van der Waals surface area (Å²) in [5, 5.41) is 2.77. The van der Waals surface area contributed by atoms with Crippen molar-refractivity contribution in [1.82, 2.24) is 10.2 Å². The lowest BCUT2D eigenvalue weighted by Crippen LogP contribution is -2.53. The van der Waals surface area contributed by atoms with E-state index in [2.05, 4.69) is 5.32 Å². The molecule has 5 nitrogen and oxygen atoms in total. The molecule has 122 valence electrons. The zero-order valence-corrected chi connectivity index (χ0v) is 14.1. The number of rotatable bonds is 4. The van der Waals surface area contributed by atoms with Crippen LogP contribution in [0.15, 0.2) is 0 Å². The molecular formula is C16H30N2O3. The SMILES string of the molecule is CC[C@H](C)[C@H](NC(=O)OC(C)(C)C)C(=O)N1CCCCC1. The standard InChI is InChI=1S/C16H30N2O3/c1-6-12(2)13(17-15(20)21-16(3,4)5)14(19)18-10-8-7-9-11-18/h12-13H,6-11H2,1-5H3,(H,17,20)/t12-,13-/m0/s1. The van der Waals surface area contributed by atoms with E-state index in [0.29, 0.717) is 0 Å². The monoisotopic (exact) mass is 298 g/mol. The molecule has 1 fully saturated rings. The number of piperidine rings is 1. The fourth-order valence-electron chi connectivity index (χ4n) is 2.43. The minimum absolute atomic E-state index is 0.0231. The minimum Gasteiger partial charge on any atom is -0.444 e. The third-order valence-corrected chi connectivity index (χ3v) is 3.82. The van der Waals surface area contributed by atoms with Crippen molar-refractivity contribution in [3.8, 4) is 0 Å². The summed E-state index contributed by atoms with van der Waals surface area (Å²) < 4.78 is 5.28. The number of hydrogen-bond donors (Lipinski definition) is 1. The van der Waals surface area contributed by atoms with Crippen LogP contribution in [-0.2, 0) is 9.53 Å². The highest BCUT2D eigenvalue weighted by Gasteiger charge is 2.31. The summed E-state index contributed by atoms with van der Waals surface area (Å²) in [6, 6.07) is -0.497. The van der Waals surface area contributed by atoms with Gasteiger partial charge in [-0.1, -0.05) is 20.3 Å². The van der Waals surface area contributed by atoms with Crippen LogP contribution in [0.2, 0.25) is 0 Å². The Kier molecular flexibility index (Phi) is 6.49. The average Bonchev–Trinajstić information content (AvgIpc) is 2.42. The van der Waals surface area contributed by atoms with Crippen molar-refractivity contribution in [1.29, 1.82) is 0 Å². The van der Waals surface area contributed by atoms with E-state index < -0.39 is 17.7 Å². The number of nitrogens with one attached hydrogen (secondary N) is 1. The average molecular weight is 298 g/mol. The van der Waals surface area contributed by atoms with Crippen LogP contribution < -0.4 is 5.32 Å². The number of carbonyl (C=O) groups is 2. The van der Waals surface area contributed by atoms with E-state index in [-0.39, 0.29) is 11.8 Å². The number of ether oxygens (including phenoxy) is 1. The van der Waals surface area contributed by atoms with E-state index in [4.69, 9.17) is 4.74 Å². The normalized spacial score (nSPS) is 18.8. The number of alkyl carbamates (subject to hydrolysis) is 1. The molecule has 0 aromatic rings. The van der Waals surface area contributed by atoms with Gasteiger partial charge in [-0.2, -0.15) is 0 Å². The van der Waals surface area contributed by atoms with Crippen LogP contribution in [0.25, 0.3) is 0 Å². The van der Waals surface area contributed by atoms with Crippen LogP contribution in [0.1, 0.15) is 60.3 Å². The summed E-state index contributed by atoms with van der Waals surface area (Å²) in [6.07, 6.45) is 3.59. The van der Waals surface area contributed by atoms with Gasteiger partial charge in [-0.3, -0.25) is 4.79 Å². The minimum atomic E-state index is -0.557. The summed E-state index contributed by atoms with van der Waals surface area (Å²) in [5.41, 5.74) is -0.557. The van der Waals surface area contributed by atoms with Gasteiger partial charge in [0.15, 0.2) is 0 Å². The summed E-state index contributed by atoms with van der Waals surface area (Å²) in [6.45, 7) is 11.1. The molecule has 0 aromatic carbocycles. The Morgan fingerprint density at radius 1 is 1.19 bits per heavy atom. The van der Waals surface area contributed by atoms with Gasteiger partial charge in [0.05, 0.1) is 0 Å². The second-order valence-corrected chi connectivity index (χ2v) is 6.90. The van der Waals surface area contributed by atoms with Gasteiger partial charge in [0.25, 0.3) is 0 Å². The van der Waals surface area contributed by atoms with Gasteiger partial charge in [0.2, 0.25) is 5.91 Å². The number of hydrogen-bond acceptors (Lipinski definition) is 3. The first kappa shape index (κ1) is 17.8. The highest BCUT2D eigenvalue weighted by atomic mass is 16.6. The zero-order valence-electron chi connectivity index (χ0n) is 14.1. The van der Waals surface area contributed by atoms with Crippen molar-refractivity contribution in [2.75, 3.05) is 13.1 Å². The smallest absolute Gasteiger partial charge is 0.408 e. The summed E-state index contributed by atoms with van der Waals surface area (Å²) in [4.78, 5) is 26.5. The summed E-state index contributed by atoms with van der Waals surface area (Å²) in [7, 11) is 0. The molecule has 1 saturated heterocycles. The first-order chi connectivity index (χ1) is 9.74. The van der Waals surface area contributed by atoms with Crippen LogP contribution >= 0.6 is 0 Å². The van der Waals surface area contributed by atoms with E-state index in [1.54, 1.807) is 0 Å². The lowest BCUT2D eigenvalue weighted by molar-refractivity contribution is -0.135. The third-order valence-electron chi connectivity index (χ3n) is 3.82. The number of nitrogens with zero attached hydrogens (tertiary/aromatic N) is 1. The van der Waals surface area contributed by atoms with E-state index in [0.717, 1.165) is 32.4 Å². The van der Waals surface area contributed by atoms with Gasteiger partial charge in [0.1, 0.15) is 11.6 Å². The maximum atomic E-state index is 12.7. The molecule has 0 aliphatic carbocycles. The number of carbonyl (C=O) groups excluding carboxylic acids is 2. The van der Waals surface area contributed by atoms with Gasteiger partial charge in [0, 0.05) is 13.1 Å². The Labute approximate surface area is 128 Å². The van der Waals surface area contributed by atoms with Crippen molar-refractivity contribution < 1.29 is 14.3 Å². The molecule has 1 rings (SSSR count). The van der Waals surface area contributed by atoms with E-state index in [1.165, 1.54) is 6.42 Å². The predicted molar refractivity (Wildman–Crippen MR) is 83.0 cm³/mol. The van der Waals surface area contributed by atoms with Crippen LogP contribution in [0, 0.1) is 5.92 Å². The van der Waals surface area contributed by atoms with Crippen LogP contribution in [-0.4, -0.2) is 41.6 Å². The van der Waals surface area contributed by atoms with Crippen molar-refractivity contribution in [3.05, 3.63) is 0 Å². The van der Waals surface area contributed by atoms with E-state index in [9.17, 15) is 9.59 Å². The van der Waals surface area contributed by atoms with Gasteiger partial charge >= 0.3 is 6.09 Å². The Morgan fingerprint density at radius 2 is 1.76 bits per heavy atom. The molecule has 0 unspecified atom stereocenters. The molecule has 0 spiro atoms. The number of likely N-dealkylation sites (tertiary alicyclic amines) is 1. The fourth-order valence-corrected chi connectivity index (χ4v) is 2.43.